The summed E-state index contributed by atoms with van der Waals surface area (Å²) in [5.41, 5.74) is 0.227. The van der Waals surface area contributed by atoms with E-state index < -0.39 is 0 Å². The quantitative estimate of drug-likeness (QED) is 0.781. The molecule has 2 aliphatic carbocycles. The average molecular weight is 291 g/mol. The van der Waals surface area contributed by atoms with Gasteiger partial charge in [-0.05, 0) is 64.3 Å². The Labute approximate surface area is 128 Å². The van der Waals surface area contributed by atoms with Crippen molar-refractivity contribution in [2.24, 2.45) is 5.92 Å². The SMILES string of the molecule is O=C1CCCC1C1CCCCN1C1CCOC2(CCC2)C1. The van der Waals surface area contributed by atoms with Gasteiger partial charge >= 0.3 is 0 Å². The maximum atomic E-state index is 12.2. The fraction of sp³-hybridized carbons (Fsp3) is 0.944. The van der Waals surface area contributed by atoms with Crippen LogP contribution in [-0.4, -0.2) is 41.5 Å². The molecule has 4 fully saturated rings. The van der Waals surface area contributed by atoms with Gasteiger partial charge in [0.1, 0.15) is 5.78 Å². The molecule has 0 aromatic carbocycles. The second kappa shape index (κ2) is 5.66. The summed E-state index contributed by atoms with van der Waals surface area (Å²) >= 11 is 0. The van der Waals surface area contributed by atoms with Gasteiger partial charge in [-0.1, -0.05) is 6.42 Å². The summed E-state index contributed by atoms with van der Waals surface area (Å²) in [6.45, 7) is 2.15. The van der Waals surface area contributed by atoms with Crippen molar-refractivity contribution < 1.29 is 9.53 Å². The van der Waals surface area contributed by atoms with Crippen LogP contribution < -0.4 is 0 Å². The van der Waals surface area contributed by atoms with Crippen LogP contribution >= 0.6 is 0 Å². The van der Waals surface area contributed by atoms with E-state index in [0.29, 0.717) is 23.8 Å². The Bertz CT molecular complexity index is 404. The molecule has 118 valence electrons. The molecule has 1 spiro atoms. The van der Waals surface area contributed by atoms with Crippen molar-refractivity contribution in [1.82, 2.24) is 4.90 Å². The minimum Gasteiger partial charge on any atom is -0.375 e. The van der Waals surface area contributed by atoms with E-state index in [-0.39, 0.29) is 5.60 Å². The zero-order valence-electron chi connectivity index (χ0n) is 13.2. The van der Waals surface area contributed by atoms with Crippen molar-refractivity contribution in [2.75, 3.05) is 13.2 Å². The molecule has 0 aromatic heterocycles. The molecule has 0 amide bonds. The van der Waals surface area contributed by atoms with E-state index in [9.17, 15) is 4.79 Å². The van der Waals surface area contributed by atoms with Crippen LogP contribution in [0.15, 0.2) is 0 Å². The summed E-state index contributed by atoms with van der Waals surface area (Å²) in [6, 6.07) is 1.23. The van der Waals surface area contributed by atoms with Crippen LogP contribution in [0.25, 0.3) is 0 Å². The smallest absolute Gasteiger partial charge is 0.137 e. The lowest BCUT2D eigenvalue weighted by atomic mass is 9.73. The van der Waals surface area contributed by atoms with Crippen LogP contribution in [0.2, 0.25) is 0 Å². The van der Waals surface area contributed by atoms with E-state index in [1.54, 1.807) is 0 Å². The fourth-order valence-electron chi connectivity index (χ4n) is 5.32. The van der Waals surface area contributed by atoms with Crippen LogP contribution in [0.4, 0.5) is 0 Å². The van der Waals surface area contributed by atoms with Gasteiger partial charge in [0.2, 0.25) is 0 Å². The Balaban J connectivity index is 1.49. The monoisotopic (exact) mass is 291 g/mol. The first kappa shape index (κ1) is 14.2. The van der Waals surface area contributed by atoms with E-state index in [1.807, 2.05) is 0 Å². The number of ether oxygens (including phenoxy) is 1. The van der Waals surface area contributed by atoms with Crippen molar-refractivity contribution in [3.05, 3.63) is 0 Å². The lowest BCUT2D eigenvalue weighted by Gasteiger charge is -2.52. The highest BCUT2D eigenvalue weighted by molar-refractivity contribution is 5.83. The number of nitrogens with zero attached hydrogens (tertiary/aromatic N) is 1. The summed E-state index contributed by atoms with van der Waals surface area (Å²) in [5, 5.41) is 0. The van der Waals surface area contributed by atoms with Gasteiger partial charge in [0.05, 0.1) is 5.60 Å². The minimum atomic E-state index is 0.227. The molecule has 3 heteroatoms. The van der Waals surface area contributed by atoms with Gasteiger partial charge in [0.25, 0.3) is 0 Å². The summed E-state index contributed by atoms with van der Waals surface area (Å²) in [7, 11) is 0. The lowest BCUT2D eigenvalue weighted by Crippen LogP contribution is -2.57. The molecule has 2 aliphatic heterocycles. The normalized spacial score (nSPS) is 40.4. The largest absolute Gasteiger partial charge is 0.375 e. The van der Waals surface area contributed by atoms with Crippen molar-refractivity contribution in [3.8, 4) is 0 Å². The van der Waals surface area contributed by atoms with Gasteiger partial charge < -0.3 is 4.74 Å². The van der Waals surface area contributed by atoms with Crippen molar-refractivity contribution in [1.29, 1.82) is 0 Å². The van der Waals surface area contributed by atoms with Gasteiger partial charge in [0, 0.05) is 31.0 Å². The molecule has 3 nitrogen and oxygen atoms in total. The molecule has 0 aromatic rings. The van der Waals surface area contributed by atoms with Crippen molar-refractivity contribution >= 4 is 5.78 Å². The lowest BCUT2D eigenvalue weighted by molar-refractivity contribution is -0.156. The van der Waals surface area contributed by atoms with E-state index in [4.69, 9.17) is 4.74 Å². The molecule has 4 rings (SSSR count). The Kier molecular flexibility index (Phi) is 3.83. The summed E-state index contributed by atoms with van der Waals surface area (Å²) in [5.74, 6) is 0.905. The highest BCUT2D eigenvalue weighted by Gasteiger charge is 2.46. The third kappa shape index (κ3) is 2.57. The van der Waals surface area contributed by atoms with Crippen LogP contribution in [0, 0.1) is 5.92 Å². The van der Waals surface area contributed by atoms with Gasteiger partial charge in [0.15, 0.2) is 0 Å². The molecule has 0 N–H and O–H groups in total. The molecule has 0 bridgehead atoms. The number of Topliss-reactive ketones (excluding diaryl/α,β-unsaturated/α-hetero) is 1. The molecular formula is C18H29NO2. The van der Waals surface area contributed by atoms with E-state index in [2.05, 4.69) is 4.90 Å². The molecule has 2 saturated heterocycles. The number of hydrogen-bond donors (Lipinski definition) is 0. The number of ketones is 1. The number of carbonyl (C=O) groups excluding carboxylic acids is 1. The maximum absolute atomic E-state index is 12.2. The Hall–Kier alpha value is -0.410. The zero-order chi connectivity index (χ0) is 14.3. The van der Waals surface area contributed by atoms with Gasteiger partial charge in [-0.2, -0.15) is 0 Å². The predicted molar refractivity (Wildman–Crippen MR) is 82.2 cm³/mol. The first-order chi connectivity index (χ1) is 10.3. The second-order valence-corrected chi connectivity index (χ2v) is 7.80. The molecule has 3 atom stereocenters. The molecule has 4 aliphatic rings. The highest BCUT2D eigenvalue weighted by Crippen LogP contribution is 2.45. The second-order valence-electron chi connectivity index (χ2n) is 7.80. The summed E-state index contributed by atoms with van der Waals surface area (Å²) < 4.78 is 6.11. The Morgan fingerprint density at radius 1 is 1.05 bits per heavy atom. The summed E-state index contributed by atoms with van der Waals surface area (Å²) in [4.78, 5) is 15.0. The number of carbonyl (C=O) groups is 1. The third-order valence-electron chi connectivity index (χ3n) is 6.61. The van der Waals surface area contributed by atoms with Gasteiger partial charge in [-0.15, -0.1) is 0 Å². The van der Waals surface area contributed by atoms with E-state index >= 15 is 0 Å². The van der Waals surface area contributed by atoms with Crippen LogP contribution in [0.5, 0.6) is 0 Å². The fourth-order valence-corrected chi connectivity index (χ4v) is 5.32. The molecule has 0 radical (unpaired) electrons. The Morgan fingerprint density at radius 2 is 1.95 bits per heavy atom. The number of hydrogen-bond acceptors (Lipinski definition) is 3. The minimum absolute atomic E-state index is 0.227. The molecule has 2 saturated carbocycles. The molecule has 2 heterocycles. The first-order valence-electron chi connectivity index (χ1n) is 9.20. The van der Waals surface area contributed by atoms with E-state index in [1.165, 1.54) is 57.9 Å². The molecule has 21 heavy (non-hydrogen) atoms. The Morgan fingerprint density at radius 3 is 2.67 bits per heavy atom. The van der Waals surface area contributed by atoms with Crippen LogP contribution in [0.1, 0.15) is 70.6 Å². The van der Waals surface area contributed by atoms with Crippen LogP contribution in [-0.2, 0) is 9.53 Å². The maximum Gasteiger partial charge on any atom is 0.137 e. The first-order valence-corrected chi connectivity index (χ1v) is 9.20. The van der Waals surface area contributed by atoms with Gasteiger partial charge in [-0.25, -0.2) is 0 Å². The average Bonchev–Trinajstić information content (AvgIpc) is 2.92. The third-order valence-corrected chi connectivity index (χ3v) is 6.61. The number of likely N-dealkylation sites (tertiary alicyclic amines) is 1. The zero-order valence-corrected chi connectivity index (χ0v) is 13.2. The van der Waals surface area contributed by atoms with Crippen LogP contribution in [0.3, 0.4) is 0 Å². The van der Waals surface area contributed by atoms with Gasteiger partial charge in [-0.3, -0.25) is 9.69 Å². The summed E-state index contributed by atoms with van der Waals surface area (Å²) in [6.07, 6.45) is 13.3. The number of piperidine rings is 1. The topological polar surface area (TPSA) is 29.5 Å². The predicted octanol–water partition coefficient (Wildman–Crippen LogP) is 3.31. The van der Waals surface area contributed by atoms with E-state index in [0.717, 1.165) is 25.9 Å². The number of rotatable bonds is 2. The molecule has 3 unspecified atom stereocenters. The molecular weight excluding hydrogens is 262 g/mol. The van der Waals surface area contributed by atoms with Crippen molar-refractivity contribution in [3.63, 3.8) is 0 Å². The standard InChI is InChI=1S/C18H29NO2/c20-17-7-3-5-15(17)16-6-1-2-11-19(16)14-8-12-21-18(13-14)9-4-10-18/h14-16H,1-13H2. The highest BCUT2D eigenvalue weighted by atomic mass is 16.5. The van der Waals surface area contributed by atoms with Crippen molar-refractivity contribution in [2.45, 2.75) is 88.3 Å².